The average Bonchev–Trinajstić information content (AvgIpc) is 2.32. The number of benzene rings is 1. The summed E-state index contributed by atoms with van der Waals surface area (Å²) in [5, 5.41) is 9.51. The van der Waals surface area contributed by atoms with Crippen LogP contribution in [0.25, 0.3) is 0 Å². The number of halogens is 1. The van der Waals surface area contributed by atoms with Crippen molar-refractivity contribution in [1.82, 2.24) is 0 Å². The first-order valence-electron chi connectivity index (χ1n) is 5.58. The quantitative estimate of drug-likeness (QED) is 0.802. The number of rotatable bonds is 3. The number of aryl methyl sites for hydroxylation is 1. The van der Waals surface area contributed by atoms with Gasteiger partial charge in [0.15, 0.2) is 0 Å². The highest BCUT2D eigenvalue weighted by atomic mass is 19.1. The van der Waals surface area contributed by atoms with Gasteiger partial charge in [-0.05, 0) is 24.1 Å². The summed E-state index contributed by atoms with van der Waals surface area (Å²) in [7, 11) is 0. The van der Waals surface area contributed by atoms with Gasteiger partial charge in [0.25, 0.3) is 0 Å². The molecule has 92 valence electrons. The molecule has 0 saturated heterocycles. The molecule has 1 heterocycles. The molecular formula is C12H15FN2O2. The lowest BCUT2D eigenvalue weighted by Crippen LogP contribution is -2.42. The molecule has 0 spiro atoms. The number of β-amino-alcohol motifs (C(OH)–C–C–N with tert-alkyl or cyclic N) is 1. The highest BCUT2D eigenvalue weighted by Crippen LogP contribution is 2.28. The predicted molar refractivity (Wildman–Crippen MR) is 62.1 cm³/mol. The number of aliphatic hydroxyl groups is 1. The number of hydrogen-bond acceptors (Lipinski definition) is 3. The number of anilines is 1. The summed E-state index contributed by atoms with van der Waals surface area (Å²) in [6.07, 6.45) is 0.215. The van der Waals surface area contributed by atoms with E-state index < -0.39 is 6.10 Å². The largest absolute Gasteiger partial charge is 0.390 e. The molecule has 17 heavy (non-hydrogen) atoms. The number of amides is 1. The second-order valence-electron chi connectivity index (χ2n) is 4.17. The van der Waals surface area contributed by atoms with E-state index in [9.17, 15) is 14.3 Å². The average molecular weight is 238 g/mol. The van der Waals surface area contributed by atoms with Crippen molar-refractivity contribution in [1.29, 1.82) is 0 Å². The van der Waals surface area contributed by atoms with E-state index in [4.69, 9.17) is 5.73 Å². The van der Waals surface area contributed by atoms with Crippen LogP contribution in [-0.4, -0.2) is 30.2 Å². The summed E-state index contributed by atoms with van der Waals surface area (Å²) in [4.78, 5) is 13.2. The Balaban J connectivity index is 2.32. The third kappa shape index (κ3) is 2.45. The molecule has 1 unspecified atom stereocenters. The van der Waals surface area contributed by atoms with Gasteiger partial charge in [-0.15, -0.1) is 0 Å². The predicted octanol–water partition coefficient (Wildman–Crippen LogP) is 0.424. The van der Waals surface area contributed by atoms with E-state index in [0.29, 0.717) is 18.5 Å². The third-order valence-corrected chi connectivity index (χ3v) is 2.91. The molecule has 1 aromatic rings. The van der Waals surface area contributed by atoms with Gasteiger partial charge < -0.3 is 15.7 Å². The monoisotopic (exact) mass is 238 g/mol. The summed E-state index contributed by atoms with van der Waals surface area (Å²) in [6.45, 7) is 0.195. The molecule has 1 aliphatic rings. The Morgan fingerprint density at radius 2 is 2.24 bits per heavy atom. The summed E-state index contributed by atoms with van der Waals surface area (Å²) in [5.74, 6) is -0.485. The number of carbonyl (C=O) groups is 1. The molecule has 1 aliphatic heterocycles. The third-order valence-electron chi connectivity index (χ3n) is 2.91. The second kappa shape index (κ2) is 4.81. The normalized spacial score (nSPS) is 16.9. The molecule has 1 amide bonds. The fourth-order valence-electron chi connectivity index (χ4n) is 2.00. The van der Waals surface area contributed by atoms with Crippen LogP contribution in [0.3, 0.4) is 0 Å². The Morgan fingerprint density at radius 1 is 1.47 bits per heavy atom. The highest BCUT2D eigenvalue weighted by Gasteiger charge is 2.25. The standard InChI is InChI=1S/C12H15FN2O2/c13-9-3-1-8-2-4-12(17)15(11(8)5-9)7-10(16)6-14/h1,3,5,10,16H,2,4,6-7,14H2. The van der Waals surface area contributed by atoms with Gasteiger partial charge >= 0.3 is 0 Å². The smallest absolute Gasteiger partial charge is 0.227 e. The first-order valence-corrected chi connectivity index (χ1v) is 5.58. The van der Waals surface area contributed by atoms with Crippen molar-refractivity contribution in [3.63, 3.8) is 0 Å². The van der Waals surface area contributed by atoms with Gasteiger partial charge in [0.1, 0.15) is 5.82 Å². The van der Waals surface area contributed by atoms with E-state index >= 15 is 0 Å². The van der Waals surface area contributed by atoms with Gasteiger partial charge in [0.2, 0.25) is 5.91 Å². The summed E-state index contributed by atoms with van der Waals surface area (Å²) in [5.41, 5.74) is 6.80. The SMILES string of the molecule is NCC(O)CN1C(=O)CCc2ccc(F)cc21. The van der Waals surface area contributed by atoms with Crippen molar-refractivity contribution in [2.75, 3.05) is 18.0 Å². The minimum Gasteiger partial charge on any atom is -0.390 e. The fourth-order valence-corrected chi connectivity index (χ4v) is 2.00. The van der Waals surface area contributed by atoms with Crippen LogP contribution in [-0.2, 0) is 11.2 Å². The van der Waals surface area contributed by atoms with E-state index in [1.54, 1.807) is 6.07 Å². The zero-order valence-electron chi connectivity index (χ0n) is 9.40. The van der Waals surface area contributed by atoms with Crippen LogP contribution in [0.1, 0.15) is 12.0 Å². The number of aliphatic hydroxyl groups excluding tert-OH is 1. The molecule has 1 aromatic carbocycles. The molecule has 0 aliphatic carbocycles. The highest BCUT2D eigenvalue weighted by molar-refractivity contribution is 5.96. The molecule has 0 aromatic heterocycles. The first-order chi connectivity index (χ1) is 8.11. The molecule has 4 nitrogen and oxygen atoms in total. The number of hydrogen-bond donors (Lipinski definition) is 2. The van der Waals surface area contributed by atoms with Gasteiger partial charge in [-0.2, -0.15) is 0 Å². The molecule has 5 heteroatoms. The number of fused-ring (bicyclic) bond motifs is 1. The zero-order valence-corrected chi connectivity index (χ0v) is 9.40. The fraction of sp³-hybridized carbons (Fsp3) is 0.417. The lowest BCUT2D eigenvalue weighted by Gasteiger charge is -2.30. The van der Waals surface area contributed by atoms with Crippen LogP contribution >= 0.6 is 0 Å². The molecule has 0 saturated carbocycles. The summed E-state index contributed by atoms with van der Waals surface area (Å²) < 4.78 is 13.2. The number of nitrogens with zero attached hydrogens (tertiary/aromatic N) is 1. The second-order valence-corrected chi connectivity index (χ2v) is 4.17. The summed E-state index contributed by atoms with van der Waals surface area (Å²) in [6, 6.07) is 4.39. The maximum atomic E-state index is 13.2. The van der Waals surface area contributed by atoms with Gasteiger partial charge in [0.05, 0.1) is 12.6 Å². The minimum atomic E-state index is -0.784. The maximum absolute atomic E-state index is 13.2. The van der Waals surface area contributed by atoms with Crippen molar-refractivity contribution in [2.45, 2.75) is 18.9 Å². The maximum Gasteiger partial charge on any atom is 0.227 e. The van der Waals surface area contributed by atoms with E-state index in [1.807, 2.05) is 0 Å². The Bertz CT molecular complexity index is 437. The molecular weight excluding hydrogens is 223 g/mol. The van der Waals surface area contributed by atoms with Crippen LogP contribution in [0.15, 0.2) is 18.2 Å². The Hall–Kier alpha value is -1.46. The van der Waals surface area contributed by atoms with Gasteiger partial charge in [-0.1, -0.05) is 6.07 Å². The molecule has 1 atom stereocenters. The molecule has 2 rings (SSSR count). The molecule has 0 radical (unpaired) electrons. The van der Waals surface area contributed by atoms with E-state index in [1.165, 1.54) is 17.0 Å². The molecule has 0 fully saturated rings. The Labute approximate surface area is 98.8 Å². The van der Waals surface area contributed by atoms with Crippen LogP contribution in [0.2, 0.25) is 0 Å². The van der Waals surface area contributed by atoms with Crippen LogP contribution in [0.5, 0.6) is 0 Å². The summed E-state index contributed by atoms with van der Waals surface area (Å²) >= 11 is 0. The topological polar surface area (TPSA) is 66.6 Å². The Morgan fingerprint density at radius 3 is 2.94 bits per heavy atom. The lowest BCUT2D eigenvalue weighted by molar-refractivity contribution is -0.119. The first kappa shape index (κ1) is 12.0. The van der Waals surface area contributed by atoms with Crippen molar-refractivity contribution < 1.29 is 14.3 Å². The Kier molecular flexibility index (Phi) is 3.40. The van der Waals surface area contributed by atoms with Crippen LogP contribution in [0, 0.1) is 5.82 Å². The molecule has 3 N–H and O–H groups in total. The van der Waals surface area contributed by atoms with E-state index in [2.05, 4.69) is 0 Å². The van der Waals surface area contributed by atoms with Crippen LogP contribution < -0.4 is 10.6 Å². The lowest BCUT2D eigenvalue weighted by atomic mass is 10.0. The van der Waals surface area contributed by atoms with Gasteiger partial charge in [-0.3, -0.25) is 4.79 Å². The van der Waals surface area contributed by atoms with Gasteiger partial charge in [-0.25, -0.2) is 4.39 Å². The van der Waals surface area contributed by atoms with Crippen molar-refractivity contribution in [3.05, 3.63) is 29.6 Å². The zero-order chi connectivity index (χ0) is 12.4. The number of nitrogens with two attached hydrogens (primary N) is 1. The van der Waals surface area contributed by atoms with E-state index in [0.717, 1.165) is 5.56 Å². The number of carbonyl (C=O) groups excluding carboxylic acids is 1. The van der Waals surface area contributed by atoms with E-state index in [-0.39, 0.29) is 24.8 Å². The van der Waals surface area contributed by atoms with Crippen molar-refractivity contribution in [3.8, 4) is 0 Å². The van der Waals surface area contributed by atoms with Crippen molar-refractivity contribution in [2.24, 2.45) is 5.73 Å². The van der Waals surface area contributed by atoms with Crippen molar-refractivity contribution >= 4 is 11.6 Å². The van der Waals surface area contributed by atoms with Crippen LogP contribution in [0.4, 0.5) is 10.1 Å². The molecule has 0 bridgehead atoms. The van der Waals surface area contributed by atoms with Gasteiger partial charge in [0, 0.05) is 18.7 Å². The minimum absolute atomic E-state index is 0.0778.